The van der Waals surface area contributed by atoms with Crippen LogP contribution in [0.4, 0.5) is 10.2 Å². The van der Waals surface area contributed by atoms with Crippen LogP contribution in [0.25, 0.3) is 11.2 Å². The Hall–Kier alpha value is -3.16. The molecule has 0 radical (unpaired) electrons. The highest BCUT2D eigenvalue weighted by atomic mass is 31.2. The van der Waals surface area contributed by atoms with Gasteiger partial charge in [-0.25, -0.2) is 9.55 Å². The highest BCUT2D eigenvalue weighted by Gasteiger charge is 2.48. The lowest BCUT2D eigenvalue weighted by molar-refractivity contribution is -0.145. The lowest BCUT2D eigenvalue weighted by Crippen LogP contribution is -2.42. The van der Waals surface area contributed by atoms with Crippen LogP contribution in [0.1, 0.15) is 117 Å². The van der Waals surface area contributed by atoms with Crippen molar-refractivity contribution in [1.29, 1.82) is 0 Å². The lowest BCUT2D eigenvalue weighted by atomic mass is 10.0. The number of hydrogen-bond acceptors (Lipinski definition) is 11. The normalized spacial score (nSPS) is 20.9. The quantitative estimate of drug-likeness (QED) is 0.0384. The maximum absolute atomic E-state index is 14.1. The van der Waals surface area contributed by atoms with E-state index in [2.05, 4.69) is 27.0 Å². The molecule has 1 aromatic carbocycles. The molecule has 15 heteroatoms. The number of hydrogen-bond donors (Lipinski definition) is 3. The lowest BCUT2D eigenvalue weighted by Gasteiger charge is -2.30. The molecule has 1 fully saturated rings. The van der Waals surface area contributed by atoms with E-state index in [1.54, 1.807) is 37.3 Å². The third-order valence-electron chi connectivity index (χ3n) is 8.95. The molecule has 1 aliphatic rings. The fourth-order valence-electron chi connectivity index (χ4n) is 5.93. The minimum Gasteiger partial charge on any atom is -0.465 e. The Morgan fingerprint density at radius 2 is 1.70 bits per heavy atom. The number of aliphatic hydroxyl groups is 1. The number of carbonyl (C=O) groups excluding carboxylic acids is 1. The molecule has 1 unspecified atom stereocenters. The molecule has 0 spiro atoms. The fraction of sp³-hybridized carbons (Fsp3) is 0.657. The number of fused-ring (bicyclic) bond motifs is 1. The van der Waals surface area contributed by atoms with Crippen molar-refractivity contribution in [1.82, 2.24) is 24.6 Å². The van der Waals surface area contributed by atoms with Crippen LogP contribution in [0.5, 0.6) is 5.75 Å². The maximum atomic E-state index is 14.1. The largest absolute Gasteiger partial charge is 0.465 e. The molecular formula is C35H54FN6O7P. The van der Waals surface area contributed by atoms with Gasteiger partial charge in [-0.1, -0.05) is 102 Å². The Morgan fingerprint density at radius 1 is 1.08 bits per heavy atom. The van der Waals surface area contributed by atoms with Crippen LogP contribution in [0, 0.1) is 6.08 Å². The van der Waals surface area contributed by atoms with Crippen LogP contribution < -0.4 is 15.3 Å². The smallest absolute Gasteiger partial charge is 0.459 e. The van der Waals surface area contributed by atoms with Gasteiger partial charge in [-0.05, 0) is 32.4 Å². The van der Waals surface area contributed by atoms with Gasteiger partial charge in [-0.2, -0.15) is 19.4 Å². The number of nitrogen functional groups attached to an aromatic ring is 1. The van der Waals surface area contributed by atoms with Crippen molar-refractivity contribution in [2.45, 2.75) is 135 Å². The second-order valence-electron chi connectivity index (χ2n) is 13.3. The van der Waals surface area contributed by atoms with Gasteiger partial charge in [0.05, 0.1) is 25.6 Å². The first-order valence-electron chi connectivity index (χ1n) is 18.0. The number of anilines is 1. The van der Waals surface area contributed by atoms with E-state index in [9.17, 15) is 18.9 Å². The highest BCUT2D eigenvalue weighted by molar-refractivity contribution is 7.52. The Bertz CT molecular complexity index is 1530. The highest BCUT2D eigenvalue weighted by Crippen LogP contribution is 2.48. The number of carbonyl (C=O) groups is 1. The zero-order valence-corrected chi connectivity index (χ0v) is 30.5. The van der Waals surface area contributed by atoms with Crippen molar-refractivity contribution >= 4 is 30.7 Å². The number of unbranched alkanes of at least 4 members (excludes halogenated alkanes) is 12. The van der Waals surface area contributed by atoms with Crippen LogP contribution >= 0.6 is 7.75 Å². The molecule has 0 bridgehead atoms. The van der Waals surface area contributed by atoms with Crippen molar-refractivity contribution in [2.24, 2.45) is 0 Å². The topological polar surface area (TPSA) is 173 Å². The number of aromatic nitrogens is 4. The molecule has 1 saturated heterocycles. The Balaban J connectivity index is 1.24. The van der Waals surface area contributed by atoms with E-state index in [1.807, 2.05) is 0 Å². The van der Waals surface area contributed by atoms with E-state index in [1.165, 1.54) is 82.0 Å². The third kappa shape index (κ3) is 11.7. The van der Waals surface area contributed by atoms with Crippen LogP contribution in [0.3, 0.4) is 0 Å². The molecule has 0 saturated carbocycles. The maximum Gasteiger partial charge on any atom is 0.459 e. The molecular weight excluding hydrogens is 666 g/mol. The Labute approximate surface area is 294 Å². The number of esters is 1. The minimum absolute atomic E-state index is 0.0655. The number of ether oxygens (including phenoxy) is 2. The van der Waals surface area contributed by atoms with Gasteiger partial charge in [-0.3, -0.25) is 13.9 Å². The van der Waals surface area contributed by atoms with Gasteiger partial charge in [0.25, 0.3) is 0 Å². The number of rotatable bonds is 23. The fourth-order valence-corrected chi connectivity index (χ4v) is 7.52. The molecule has 13 nitrogen and oxygen atoms in total. The number of benzene rings is 1. The molecule has 1 aliphatic heterocycles. The van der Waals surface area contributed by atoms with E-state index < -0.39 is 43.8 Å². The molecule has 0 aliphatic carbocycles. The number of nitrogens with zero attached hydrogens (tertiary/aromatic N) is 4. The molecule has 2 aromatic heterocycles. The summed E-state index contributed by atoms with van der Waals surface area (Å²) in [6, 6.07) is 7.36. The predicted octanol–water partition coefficient (Wildman–Crippen LogP) is 7.40. The van der Waals surface area contributed by atoms with E-state index in [-0.39, 0.29) is 42.4 Å². The molecule has 3 aromatic rings. The van der Waals surface area contributed by atoms with Gasteiger partial charge >= 0.3 is 19.8 Å². The number of para-hydroxylation sites is 1. The summed E-state index contributed by atoms with van der Waals surface area (Å²) >= 11 is 0. The SMILES string of the molecule is CCCCCCCCCCCCCCCOC(=O)[C@H](C)NP(=O)(OC[C@@]1(C)O[C@@H](n2cnc3c(N)nc(F)nc32)C[C@@H]1O)Oc1ccccc1. The zero-order chi connectivity index (χ0) is 36.0. The van der Waals surface area contributed by atoms with Crippen molar-refractivity contribution in [3.63, 3.8) is 0 Å². The monoisotopic (exact) mass is 720 g/mol. The molecule has 5 atom stereocenters. The van der Waals surface area contributed by atoms with Gasteiger partial charge in [-0.15, -0.1) is 0 Å². The van der Waals surface area contributed by atoms with Gasteiger partial charge in [0.2, 0.25) is 0 Å². The van der Waals surface area contributed by atoms with Gasteiger partial charge in [0, 0.05) is 6.42 Å². The van der Waals surface area contributed by atoms with Crippen molar-refractivity contribution in [2.75, 3.05) is 18.9 Å². The molecule has 4 rings (SSSR count). The Kier molecular flexibility index (Phi) is 15.4. The Morgan fingerprint density at radius 3 is 2.34 bits per heavy atom. The van der Waals surface area contributed by atoms with Crippen LogP contribution in [0.2, 0.25) is 0 Å². The second-order valence-corrected chi connectivity index (χ2v) is 15.0. The number of imidazole rings is 1. The summed E-state index contributed by atoms with van der Waals surface area (Å²) in [6.07, 6.45) is 14.3. The van der Waals surface area contributed by atoms with E-state index >= 15 is 0 Å². The first-order valence-corrected chi connectivity index (χ1v) is 19.5. The summed E-state index contributed by atoms with van der Waals surface area (Å²) in [5.41, 5.74) is 4.70. The van der Waals surface area contributed by atoms with Gasteiger partial charge in [0.1, 0.15) is 23.6 Å². The predicted molar refractivity (Wildman–Crippen MR) is 189 cm³/mol. The standard InChI is InChI=1S/C35H54FN6O7P/c1-4-5-6-7-8-9-10-11-12-13-14-15-19-22-46-33(44)26(2)41-50(45,49-27-20-17-16-18-21-27)47-24-35(3)28(43)23-29(48-35)42-25-38-30-31(37)39-34(36)40-32(30)42/h16-18,20-21,25-26,28-29,43H,4-15,19,22-24H2,1-3H3,(H,41,45)(H2,37,39,40)/t26-,28-,29+,35+,50?/m0/s1. The zero-order valence-electron chi connectivity index (χ0n) is 29.6. The number of nitrogens with one attached hydrogen (secondary N) is 1. The number of aliphatic hydroxyl groups excluding tert-OH is 1. The van der Waals surface area contributed by atoms with Gasteiger partial charge < -0.3 is 24.8 Å². The summed E-state index contributed by atoms with van der Waals surface area (Å²) in [6.45, 7) is 5.22. The van der Waals surface area contributed by atoms with Crippen LogP contribution in [0.15, 0.2) is 36.7 Å². The summed E-state index contributed by atoms with van der Waals surface area (Å²) in [4.78, 5) is 24.3. The van der Waals surface area contributed by atoms with Crippen LogP contribution in [-0.2, 0) is 23.4 Å². The molecule has 4 N–H and O–H groups in total. The van der Waals surface area contributed by atoms with Gasteiger partial charge in [0.15, 0.2) is 17.0 Å². The molecule has 278 valence electrons. The molecule has 3 heterocycles. The third-order valence-corrected chi connectivity index (χ3v) is 10.6. The minimum atomic E-state index is -4.23. The van der Waals surface area contributed by atoms with E-state index in [0.29, 0.717) is 0 Å². The van der Waals surface area contributed by atoms with Crippen molar-refractivity contribution in [3.05, 3.63) is 42.7 Å². The first-order chi connectivity index (χ1) is 24.0. The van der Waals surface area contributed by atoms with Crippen LogP contribution in [-0.4, -0.2) is 61.6 Å². The van der Waals surface area contributed by atoms with Crippen molar-refractivity contribution in [3.8, 4) is 5.75 Å². The second kappa shape index (κ2) is 19.4. The first kappa shape index (κ1) is 39.6. The molecule has 0 amide bonds. The number of halogens is 1. The van der Waals surface area contributed by atoms with E-state index in [4.69, 9.17) is 24.3 Å². The molecule has 50 heavy (non-hydrogen) atoms. The summed E-state index contributed by atoms with van der Waals surface area (Å²) in [5.74, 6) is -0.470. The summed E-state index contributed by atoms with van der Waals surface area (Å²) in [5, 5.41) is 13.7. The summed E-state index contributed by atoms with van der Waals surface area (Å²) < 4.78 is 52.7. The average molecular weight is 721 g/mol. The number of nitrogens with two attached hydrogens (primary N) is 1. The summed E-state index contributed by atoms with van der Waals surface area (Å²) in [7, 11) is -4.23. The van der Waals surface area contributed by atoms with Crippen molar-refractivity contribution < 1.29 is 37.4 Å². The van der Waals surface area contributed by atoms with E-state index in [0.717, 1.165) is 19.3 Å². The average Bonchev–Trinajstić information content (AvgIpc) is 3.64.